The van der Waals surface area contributed by atoms with Gasteiger partial charge in [0, 0.05) is 37.8 Å². The molecule has 0 unspecified atom stereocenters. The van der Waals surface area contributed by atoms with E-state index in [1.807, 2.05) is 0 Å². The van der Waals surface area contributed by atoms with Crippen LogP contribution in [0.4, 0.5) is 4.39 Å². The Balaban J connectivity index is 1.75. The Morgan fingerprint density at radius 1 is 1.38 bits per heavy atom. The van der Waals surface area contributed by atoms with Crippen molar-refractivity contribution in [3.63, 3.8) is 0 Å². The van der Waals surface area contributed by atoms with Crippen LogP contribution in [0.3, 0.4) is 0 Å². The summed E-state index contributed by atoms with van der Waals surface area (Å²) in [5, 5.41) is 4.01. The Morgan fingerprint density at radius 3 is 2.83 bits per heavy atom. The van der Waals surface area contributed by atoms with Crippen LogP contribution in [-0.2, 0) is 7.05 Å². The lowest BCUT2D eigenvalue weighted by atomic mass is 10.0. The lowest BCUT2D eigenvalue weighted by Crippen LogP contribution is -2.37. The number of ketones is 1. The van der Waals surface area contributed by atoms with E-state index in [1.54, 1.807) is 35.9 Å². The molecule has 6 heteroatoms. The third-order valence-corrected chi connectivity index (χ3v) is 4.50. The minimum absolute atomic E-state index is 0.0105. The van der Waals surface area contributed by atoms with Gasteiger partial charge in [-0.25, -0.2) is 4.39 Å². The number of carbonyl (C=O) groups is 2. The summed E-state index contributed by atoms with van der Waals surface area (Å²) in [5.74, 6) is -0.494. The van der Waals surface area contributed by atoms with Crippen LogP contribution in [0.25, 0.3) is 0 Å². The van der Waals surface area contributed by atoms with E-state index in [0.717, 1.165) is 12.8 Å². The predicted molar refractivity (Wildman–Crippen MR) is 87.4 cm³/mol. The first kappa shape index (κ1) is 16.4. The zero-order chi connectivity index (χ0) is 17.3. The van der Waals surface area contributed by atoms with Gasteiger partial charge in [-0.15, -0.1) is 0 Å². The summed E-state index contributed by atoms with van der Waals surface area (Å²) in [7, 11) is 1.76. The van der Waals surface area contributed by atoms with Crippen LogP contribution in [-0.4, -0.2) is 39.0 Å². The molecule has 0 saturated carbocycles. The fourth-order valence-corrected chi connectivity index (χ4v) is 3.23. The molecule has 1 fully saturated rings. The SMILES string of the molecule is Cc1cc(F)ccc1C(=O)N1CCC[C@H]1CC(=O)c1cnn(C)c1. The van der Waals surface area contributed by atoms with Gasteiger partial charge < -0.3 is 4.90 Å². The number of hydrogen-bond acceptors (Lipinski definition) is 3. The highest BCUT2D eigenvalue weighted by Gasteiger charge is 2.32. The molecule has 126 valence electrons. The monoisotopic (exact) mass is 329 g/mol. The number of Topliss-reactive ketones (excluding diaryl/α,β-unsaturated/α-hetero) is 1. The van der Waals surface area contributed by atoms with Gasteiger partial charge in [0.15, 0.2) is 5.78 Å². The number of amides is 1. The molecular formula is C18H20FN3O2. The molecule has 5 nitrogen and oxygen atoms in total. The van der Waals surface area contributed by atoms with Gasteiger partial charge in [0.05, 0.1) is 11.8 Å². The molecule has 1 saturated heterocycles. The molecule has 1 amide bonds. The molecule has 1 aromatic heterocycles. The Morgan fingerprint density at radius 2 is 2.17 bits per heavy atom. The van der Waals surface area contributed by atoms with Crippen LogP contribution < -0.4 is 0 Å². The van der Waals surface area contributed by atoms with Crippen molar-refractivity contribution in [1.82, 2.24) is 14.7 Å². The predicted octanol–water partition coefficient (Wildman–Crippen LogP) is 2.75. The first-order valence-corrected chi connectivity index (χ1v) is 8.04. The van der Waals surface area contributed by atoms with Gasteiger partial charge in [0.25, 0.3) is 5.91 Å². The van der Waals surface area contributed by atoms with E-state index in [-0.39, 0.29) is 30.0 Å². The van der Waals surface area contributed by atoms with Crippen LogP contribution in [0.2, 0.25) is 0 Å². The van der Waals surface area contributed by atoms with Gasteiger partial charge >= 0.3 is 0 Å². The number of aromatic nitrogens is 2. The summed E-state index contributed by atoms with van der Waals surface area (Å²) in [6, 6.07) is 4.06. The van der Waals surface area contributed by atoms with Gasteiger partial charge in [-0.05, 0) is 43.5 Å². The van der Waals surface area contributed by atoms with Gasteiger partial charge in [-0.2, -0.15) is 5.10 Å². The highest BCUT2D eigenvalue weighted by atomic mass is 19.1. The molecule has 2 heterocycles. The van der Waals surface area contributed by atoms with Crippen molar-refractivity contribution >= 4 is 11.7 Å². The number of benzene rings is 1. The number of hydrogen-bond donors (Lipinski definition) is 0. The highest BCUT2D eigenvalue weighted by Crippen LogP contribution is 2.25. The fraction of sp³-hybridized carbons (Fsp3) is 0.389. The molecule has 0 N–H and O–H groups in total. The minimum atomic E-state index is -0.353. The van der Waals surface area contributed by atoms with Crippen molar-refractivity contribution in [2.45, 2.75) is 32.2 Å². The minimum Gasteiger partial charge on any atom is -0.335 e. The third kappa shape index (κ3) is 3.22. The molecule has 2 aromatic rings. The normalized spacial score (nSPS) is 17.3. The number of rotatable bonds is 4. The van der Waals surface area contributed by atoms with Crippen LogP contribution in [0.15, 0.2) is 30.6 Å². The number of carbonyl (C=O) groups excluding carboxylic acids is 2. The maximum Gasteiger partial charge on any atom is 0.254 e. The zero-order valence-corrected chi connectivity index (χ0v) is 13.8. The molecule has 0 bridgehead atoms. The molecule has 1 aliphatic rings. The second-order valence-corrected chi connectivity index (χ2v) is 6.28. The largest absolute Gasteiger partial charge is 0.335 e. The van der Waals surface area contributed by atoms with E-state index in [1.165, 1.54) is 18.2 Å². The van der Waals surface area contributed by atoms with E-state index in [9.17, 15) is 14.0 Å². The van der Waals surface area contributed by atoms with E-state index < -0.39 is 0 Å². The van der Waals surface area contributed by atoms with Gasteiger partial charge in [-0.1, -0.05) is 0 Å². The fourth-order valence-electron chi connectivity index (χ4n) is 3.23. The summed E-state index contributed by atoms with van der Waals surface area (Å²) in [4.78, 5) is 26.9. The maximum absolute atomic E-state index is 13.2. The van der Waals surface area contributed by atoms with Crippen molar-refractivity contribution in [1.29, 1.82) is 0 Å². The van der Waals surface area contributed by atoms with Gasteiger partial charge in [-0.3, -0.25) is 14.3 Å². The van der Waals surface area contributed by atoms with Crippen LogP contribution >= 0.6 is 0 Å². The highest BCUT2D eigenvalue weighted by molar-refractivity contribution is 5.98. The lowest BCUT2D eigenvalue weighted by molar-refractivity contribution is 0.0716. The smallest absolute Gasteiger partial charge is 0.254 e. The first-order valence-electron chi connectivity index (χ1n) is 8.04. The van der Waals surface area contributed by atoms with E-state index in [0.29, 0.717) is 23.2 Å². The van der Waals surface area contributed by atoms with E-state index >= 15 is 0 Å². The van der Waals surface area contributed by atoms with Gasteiger partial charge in [0.2, 0.25) is 0 Å². The summed E-state index contributed by atoms with van der Waals surface area (Å²) in [6.45, 7) is 2.35. The van der Waals surface area contributed by atoms with Crippen molar-refractivity contribution in [2.24, 2.45) is 7.05 Å². The van der Waals surface area contributed by atoms with Crippen LogP contribution in [0, 0.1) is 12.7 Å². The molecule has 0 spiro atoms. The average molecular weight is 329 g/mol. The maximum atomic E-state index is 13.2. The van der Waals surface area contributed by atoms with Crippen LogP contribution in [0.1, 0.15) is 45.5 Å². The second-order valence-electron chi connectivity index (χ2n) is 6.28. The quantitative estimate of drug-likeness (QED) is 0.811. The first-order chi connectivity index (χ1) is 11.5. The molecule has 1 aromatic carbocycles. The Hall–Kier alpha value is -2.50. The number of likely N-dealkylation sites (tertiary alicyclic amines) is 1. The van der Waals surface area contributed by atoms with Gasteiger partial charge in [0.1, 0.15) is 5.82 Å². The van der Waals surface area contributed by atoms with Crippen molar-refractivity contribution < 1.29 is 14.0 Å². The summed E-state index contributed by atoms with van der Waals surface area (Å²) >= 11 is 0. The topological polar surface area (TPSA) is 55.2 Å². The number of aryl methyl sites for hydroxylation is 2. The lowest BCUT2D eigenvalue weighted by Gasteiger charge is -2.25. The summed E-state index contributed by atoms with van der Waals surface area (Å²) < 4.78 is 14.8. The Kier molecular flexibility index (Phi) is 4.46. The Bertz CT molecular complexity index is 784. The molecule has 0 aliphatic carbocycles. The molecule has 1 aliphatic heterocycles. The zero-order valence-electron chi connectivity index (χ0n) is 13.8. The summed E-state index contributed by atoms with van der Waals surface area (Å²) in [6.07, 6.45) is 5.20. The number of halogens is 1. The van der Waals surface area contributed by atoms with E-state index in [2.05, 4.69) is 5.10 Å². The molecule has 1 atom stereocenters. The van der Waals surface area contributed by atoms with Crippen LogP contribution in [0.5, 0.6) is 0 Å². The van der Waals surface area contributed by atoms with E-state index in [4.69, 9.17) is 0 Å². The third-order valence-electron chi connectivity index (χ3n) is 4.50. The summed E-state index contributed by atoms with van der Waals surface area (Å²) in [5.41, 5.74) is 1.68. The number of nitrogens with zero attached hydrogens (tertiary/aromatic N) is 3. The molecule has 0 radical (unpaired) electrons. The van der Waals surface area contributed by atoms with Crippen molar-refractivity contribution in [3.05, 3.63) is 53.1 Å². The Labute approximate surface area is 140 Å². The van der Waals surface area contributed by atoms with Crippen molar-refractivity contribution in [3.8, 4) is 0 Å². The molecule has 24 heavy (non-hydrogen) atoms. The average Bonchev–Trinajstić information content (AvgIpc) is 3.15. The molecule has 3 rings (SSSR count). The second kappa shape index (κ2) is 6.55. The standard InChI is InChI=1S/C18H20FN3O2/c1-12-8-14(19)5-6-16(12)18(24)22-7-3-4-15(22)9-17(23)13-10-20-21(2)11-13/h5-6,8,10-11,15H,3-4,7,9H2,1-2H3/t15-/m0/s1. The molecular weight excluding hydrogens is 309 g/mol. The van der Waals surface area contributed by atoms with Crippen molar-refractivity contribution in [2.75, 3.05) is 6.54 Å².